The van der Waals surface area contributed by atoms with Gasteiger partial charge < -0.3 is 10.1 Å². The number of carbonyl (C=O) groups is 1. The Kier molecular flexibility index (Phi) is 7.05. The Morgan fingerprint density at radius 2 is 1.88 bits per heavy atom. The molecule has 7 heteroatoms. The Hall–Kier alpha value is -3.64. The topological polar surface area (TPSA) is 56.2 Å². The van der Waals surface area contributed by atoms with Crippen molar-refractivity contribution in [1.29, 1.82) is 0 Å². The molecule has 0 atom stereocenters. The second kappa shape index (κ2) is 10.3. The van der Waals surface area contributed by atoms with Crippen LogP contribution in [0, 0.1) is 5.82 Å². The highest BCUT2D eigenvalue weighted by molar-refractivity contribution is 6.30. The molecule has 0 unspecified atom stereocenters. The van der Waals surface area contributed by atoms with Gasteiger partial charge in [0.25, 0.3) is 0 Å². The smallest absolute Gasteiger partial charge is 0.220 e. The van der Waals surface area contributed by atoms with E-state index < -0.39 is 0 Å². The fourth-order valence-corrected chi connectivity index (χ4v) is 3.62. The number of methoxy groups -OCH3 is 1. The Labute approximate surface area is 196 Å². The summed E-state index contributed by atoms with van der Waals surface area (Å²) >= 11 is 5.91. The molecule has 0 aliphatic heterocycles. The molecular weight excluding hydrogens is 441 g/mol. The summed E-state index contributed by atoms with van der Waals surface area (Å²) in [7, 11) is 1.61. The van der Waals surface area contributed by atoms with E-state index in [0.29, 0.717) is 35.8 Å². The van der Waals surface area contributed by atoms with E-state index >= 15 is 0 Å². The number of rotatable bonds is 8. The van der Waals surface area contributed by atoms with Crippen LogP contribution in [-0.2, 0) is 17.8 Å². The number of benzene rings is 3. The molecule has 1 N–H and O–H groups in total. The number of aromatic nitrogens is 2. The molecule has 0 saturated carbocycles. The molecule has 4 aromatic rings. The van der Waals surface area contributed by atoms with Crippen molar-refractivity contribution in [3.8, 4) is 22.7 Å². The van der Waals surface area contributed by atoms with Crippen molar-refractivity contribution >= 4 is 17.5 Å². The molecule has 0 radical (unpaired) electrons. The molecular formula is C26H23ClFN3O2. The average molecular weight is 464 g/mol. The molecule has 168 valence electrons. The number of aryl methyl sites for hydroxylation is 1. The van der Waals surface area contributed by atoms with Crippen molar-refractivity contribution in [2.45, 2.75) is 19.4 Å². The lowest BCUT2D eigenvalue weighted by Crippen LogP contribution is -2.22. The molecule has 0 bridgehead atoms. The second-order valence-corrected chi connectivity index (χ2v) is 8.00. The summed E-state index contributed by atoms with van der Waals surface area (Å²) in [5.74, 6) is 0.300. The Bertz CT molecular complexity index is 1250. The van der Waals surface area contributed by atoms with Crippen LogP contribution in [0.3, 0.4) is 0 Å². The zero-order valence-electron chi connectivity index (χ0n) is 18.1. The maximum Gasteiger partial charge on any atom is 0.220 e. The van der Waals surface area contributed by atoms with Crippen LogP contribution in [0.2, 0.25) is 5.02 Å². The Balaban J connectivity index is 1.53. The zero-order valence-corrected chi connectivity index (χ0v) is 18.8. The van der Waals surface area contributed by atoms with Gasteiger partial charge in [0, 0.05) is 29.7 Å². The van der Waals surface area contributed by atoms with Gasteiger partial charge in [-0.15, -0.1) is 0 Å². The first-order valence-electron chi connectivity index (χ1n) is 10.5. The first-order valence-corrected chi connectivity index (χ1v) is 10.9. The molecule has 1 amide bonds. The van der Waals surface area contributed by atoms with Crippen LogP contribution >= 0.6 is 11.6 Å². The van der Waals surface area contributed by atoms with Crippen LogP contribution in [0.15, 0.2) is 79.0 Å². The molecule has 0 saturated heterocycles. The van der Waals surface area contributed by atoms with E-state index in [1.165, 1.54) is 12.1 Å². The van der Waals surface area contributed by atoms with Crippen LogP contribution < -0.4 is 10.1 Å². The summed E-state index contributed by atoms with van der Waals surface area (Å²) in [5, 5.41) is 8.29. The van der Waals surface area contributed by atoms with Gasteiger partial charge in [-0.25, -0.2) is 9.07 Å². The van der Waals surface area contributed by atoms with Gasteiger partial charge in [0.1, 0.15) is 11.6 Å². The van der Waals surface area contributed by atoms with E-state index in [-0.39, 0.29) is 11.7 Å². The molecule has 5 nitrogen and oxygen atoms in total. The number of nitrogens with zero attached hydrogens (tertiary/aromatic N) is 2. The summed E-state index contributed by atoms with van der Waals surface area (Å²) in [6, 6.07) is 21.2. The molecule has 0 spiro atoms. The molecule has 33 heavy (non-hydrogen) atoms. The predicted octanol–water partition coefficient (Wildman–Crippen LogP) is 5.59. The maximum atomic E-state index is 13.8. The lowest BCUT2D eigenvalue weighted by atomic mass is 10.0. The highest BCUT2D eigenvalue weighted by atomic mass is 35.5. The summed E-state index contributed by atoms with van der Waals surface area (Å²) < 4.78 is 20.7. The quantitative estimate of drug-likeness (QED) is 0.370. The van der Waals surface area contributed by atoms with Crippen LogP contribution in [0.1, 0.15) is 17.5 Å². The summed E-state index contributed by atoms with van der Waals surface area (Å²) in [6.45, 7) is 0.432. The van der Waals surface area contributed by atoms with Crippen molar-refractivity contribution in [1.82, 2.24) is 15.1 Å². The van der Waals surface area contributed by atoms with Gasteiger partial charge in [0.2, 0.25) is 5.91 Å². The lowest BCUT2D eigenvalue weighted by Gasteiger charge is -2.07. The third kappa shape index (κ3) is 5.79. The van der Waals surface area contributed by atoms with Crippen molar-refractivity contribution in [2.75, 3.05) is 7.11 Å². The minimum Gasteiger partial charge on any atom is -0.497 e. The van der Waals surface area contributed by atoms with E-state index in [1.54, 1.807) is 36.1 Å². The van der Waals surface area contributed by atoms with Gasteiger partial charge in [0.05, 0.1) is 18.5 Å². The first-order chi connectivity index (χ1) is 16.0. The van der Waals surface area contributed by atoms with Crippen molar-refractivity contribution < 1.29 is 13.9 Å². The highest BCUT2D eigenvalue weighted by Gasteiger charge is 2.15. The van der Waals surface area contributed by atoms with Crippen LogP contribution in [0.25, 0.3) is 16.9 Å². The van der Waals surface area contributed by atoms with Crippen molar-refractivity contribution in [3.05, 3.63) is 101 Å². The van der Waals surface area contributed by atoms with E-state index in [4.69, 9.17) is 21.4 Å². The maximum absolute atomic E-state index is 13.8. The number of nitrogens with one attached hydrogen (secondary N) is 1. The van der Waals surface area contributed by atoms with Crippen molar-refractivity contribution in [3.63, 3.8) is 0 Å². The zero-order chi connectivity index (χ0) is 23.2. The monoisotopic (exact) mass is 463 g/mol. The number of amides is 1. The van der Waals surface area contributed by atoms with Crippen molar-refractivity contribution in [2.24, 2.45) is 0 Å². The van der Waals surface area contributed by atoms with Crippen LogP contribution in [0.4, 0.5) is 4.39 Å². The Morgan fingerprint density at radius 3 is 2.64 bits per heavy atom. The fourth-order valence-electron chi connectivity index (χ4n) is 3.50. The molecule has 4 rings (SSSR count). The number of hydrogen-bond acceptors (Lipinski definition) is 3. The predicted molar refractivity (Wildman–Crippen MR) is 127 cm³/mol. The minimum absolute atomic E-state index is 0.0694. The third-order valence-electron chi connectivity index (χ3n) is 5.23. The van der Waals surface area contributed by atoms with Gasteiger partial charge in [-0.05, 0) is 60.0 Å². The SMILES string of the molecule is COc1cccc(-c2nn(-c3cccc(F)c3)cc2CCC(=O)NCc2ccc(Cl)cc2)c1. The molecule has 0 fully saturated rings. The minimum atomic E-state index is -0.339. The second-order valence-electron chi connectivity index (χ2n) is 7.56. The Morgan fingerprint density at radius 1 is 1.09 bits per heavy atom. The normalized spacial score (nSPS) is 10.8. The lowest BCUT2D eigenvalue weighted by molar-refractivity contribution is -0.121. The molecule has 0 aliphatic carbocycles. The average Bonchev–Trinajstić information content (AvgIpc) is 3.27. The number of ether oxygens (including phenoxy) is 1. The van der Waals surface area contributed by atoms with E-state index in [9.17, 15) is 9.18 Å². The van der Waals surface area contributed by atoms with Gasteiger partial charge in [-0.3, -0.25) is 4.79 Å². The largest absolute Gasteiger partial charge is 0.497 e. The first kappa shape index (κ1) is 22.6. The standard InChI is InChI=1S/C26H23ClFN3O2/c1-33-24-7-2-4-19(14-24)26-20(17-31(30-26)23-6-3-5-22(28)15-23)10-13-25(32)29-16-18-8-11-21(27)12-9-18/h2-9,11-12,14-15,17H,10,13,16H2,1H3,(H,29,32). The van der Waals surface area contributed by atoms with E-state index in [1.807, 2.05) is 42.6 Å². The number of carbonyl (C=O) groups excluding carboxylic acids is 1. The summed E-state index contributed by atoms with van der Waals surface area (Å²) in [5.41, 5.74) is 4.06. The van der Waals surface area contributed by atoms with Gasteiger partial charge in [-0.2, -0.15) is 5.10 Å². The molecule has 1 aromatic heterocycles. The summed E-state index contributed by atoms with van der Waals surface area (Å²) in [4.78, 5) is 12.5. The number of hydrogen-bond donors (Lipinski definition) is 1. The fraction of sp³-hybridized carbons (Fsp3) is 0.154. The molecule has 3 aromatic carbocycles. The number of halogens is 2. The highest BCUT2D eigenvalue weighted by Crippen LogP contribution is 2.28. The molecule has 1 heterocycles. The van der Waals surface area contributed by atoms with E-state index in [2.05, 4.69) is 5.32 Å². The summed E-state index contributed by atoms with van der Waals surface area (Å²) in [6.07, 6.45) is 2.61. The van der Waals surface area contributed by atoms with Gasteiger partial charge in [-0.1, -0.05) is 41.9 Å². The van der Waals surface area contributed by atoms with E-state index in [0.717, 1.165) is 22.4 Å². The van der Waals surface area contributed by atoms with Gasteiger partial charge in [0.15, 0.2) is 0 Å². The third-order valence-corrected chi connectivity index (χ3v) is 5.48. The van der Waals surface area contributed by atoms with Crippen LogP contribution in [-0.4, -0.2) is 22.8 Å². The van der Waals surface area contributed by atoms with Gasteiger partial charge >= 0.3 is 0 Å². The van der Waals surface area contributed by atoms with Crippen LogP contribution in [0.5, 0.6) is 5.75 Å². The molecule has 0 aliphatic rings.